The summed E-state index contributed by atoms with van der Waals surface area (Å²) in [4.78, 5) is 3.12. The molecular weight excluding hydrogens is 263 g/mol. The van der Waals surface area contributed by atoms with E-state index in [0.29, 0.717) is 10.5 Å². The van der Waals surface area contributed by atoms with E-state index in [2.05, 4.69) is 10.1 Å². The molecule has 2 heterocycles. The summed E-state index contributed by atoms with van der Waals surface area (Å²) in [6.07, 6.45) is 0.796. The van der Waals surface area contributed by atoms with Gasteiger partial charge < -0.3 is 4.98 Å². The first kappa shape index (κ1) is 12.1. The van der Waals surface area contributed by atoms with Crippen LogP contribution in [-0.4, -0.2) is 19.3 Å². The highest BCUT2D eigenvalue weighted by atomic mass is 32.1. The SMILES string of the molecule is CCc1nn(C)c2c1[nH]c(=S)n2-c1ccccc1F. The number of aromatic nitrogens is 4. The van der Waals surface area contributed by atoms with Crippen LogP contribution in [0.3, 0.4) is 0 Å². The van der Waals surface area contributed by atoms with E-state index in [4.69, 9.17) is 12.2 Å². The Morgan fingerprint density at radius 1 is 1.37 bits per heavy atom. The van der Waals surface area contributed by atoms with Crippen molar-refractivity contribution in [2.45, 2.75) is 13.3 Å². The van der Waals surface area contributed by atoms with Gasteiger partial charge >= 0.3 is 0 Å². The average molecular weight is 276 g/mol. The summed E-state index contributed by atoms with van der Waals surface area (Å²) < 4.78 is 17.9. The van der Waals surface area contributed by atoms with Crippen molar-refractivity contribution >= 4 is 23.4 Å². The Bertz CT molecular complexity index is 812. The minimum absolute atomic E-state index is 0.307. The molecule has 0 aliphatic carbocycles. The summed E-state index contributed by atoms with van der Waals surface area (Å²) in [7, 11) is 1.83. The largest absolute Gasteiger partial charge is 0.327 e. The molecule has 0 amide bonds. The van der Waals surface area contributed by atoms with Crippen LogP contribution < -0.4 is 0 Å². The molecular formula is C13H13FN4S. The smallest absolute Gasteiger partial charge is 0.184 e. The van der Waals surface area contributed by atoms with Gasteiger partial charge in [-0.1, -0.05) is 19.1 Å². The number of benzene rings is 1. The van der Waals surface area contributed by atoms with Crippen LogP contribution in [-0.2, 0) is 13.5 Å². The summed E-state index contributed by atoms with van der Waals surface area (Å²) in [5, 5.41) is 4.42. The first-order chi connectivity index (χ1) is 9.13. The molecule has 2 aromatic heterocycles. The van der Waals surface area contributed by atoms with E-state index in [9.17, 15) is 4.39 Å². The maximum atomic E-state index is 14.0. The van der Waals surface area contributed by atoms with Gasteiger partial charge in [-0.25, -0.2) is 9.07 Å². The molecule has 98 valence electrons. The molecule has 0 aliphatic rings. The average Bonchev–Trinajstić information content (AvgIpc) is 2.88. The Labute approximate surface area is 114 Å². The summed E-state index contributed by atoms with van der Waals surface area (Å²) in [6.45, 7) is 2.03. The first-order valence-electron chi connectivity index (χ1n) is 6.05. The van der Waals surface area contributed by atoms with Crippen molar-refractivity contribution in [1.82, 2.24) is 19.3 Å². The second-order valence-corrected chi connectivity index (χ2v) is 4.73. The number of aromatic amines is 1. The number of nitrogens with zero attached hydrogens (tertiary/aromatic N) is 3. The van der Waals surface area contributed by atoms with Gasteiger partial charge in [0.2, 0.25) is 0 Å². The number of hydrogen-bond donors (Lipinski definition) is 1. The Hall–Kier alpha value is -1.95. The number of rotatable bonds is 2. The van der Waals surface area contributed by atoms with Crippen molar-refractivity contribution in [2.75, 3.05) is 0 Å². The van der Waals surface area contributed by atoms with Crippen LogP contribution in [0.15, 0.2) is 24.3 Å². The lowest BCUT2D eigenvalue weighted by atomic mass is 10.3. The van der Waals surface area contributed by atoms with E-state index in [1.165, 1.54) is 6.07 Å². The number of para-hydroxylation sites is 1. The van der Waals surface area contributed by atoms with E-state index in [-0.39, 0.29) is 5.82 Å². The summed E-state index contributed by atoms with van der Waals surface area (Å²) in [6, 6.07) is 6.58. The normalized spacial score (nSPS) is 11.3. The zero-order chi connectivity index (χ0) is 13.6. The summed E-state index contributed by atoms with van der Waals surface area (Å²) in [5.74, 6) is -0.307. The van der Waals surface area contributed by atoms with Crippen LogP contribution in [0.1, 0.15) is 12.6 Å². The third-order valence-corrected chi connectivity index (χ3v) is 3.45. The number of H-pyrrole nitrogens is 1. The molecule has 6 heteroatoms. The molecule has 0 fully saturated rings. The van der Waals surface area contributed by atoms with Crippen LogP contribution in [0, 0.1) is 10.6 Å². The fourth-order valence-corrected chi connectivity index (χ4v) is 2.60. The Morgan fingerprint density at radius 2 is 2.11 bits per heavy atom. The van der Waals surface area contributed by atoms with Crippen LogP contribution >= 0.6 is 12.2 Å². The van der Waals surface area contributed by atoms with Crippen molar-refractivity contribution in [3.8, 4) is 5.69 Å². The Balaban J connectivity index is 2.42. The molecule has 0 saturated heterocycles. The first-order valence-corrected chi connectivity index (χ1v) is 6.45. The van der Waals surface area contributed by atoms with E-state index in [0.717, 1.165) is 23.3 Å². The molecule has 0 saturated carbocycles. The van der Waals surface area contributed by atoms with Crippen LogP contribution in [0.25, 0.3) is 16.9 Å². The molecule has 4 nitrogen and oxygen atoms in total. The Morgan fingerprint density at radius 3 is 2.79 bits per heavy atom. The summed E-state index contributed by atoms with van der Waals surface area (Å²) in [5.41, 5.74) is 3.02. The molecule has 3 rings (SSSR count). The Kier molecular flexibility index (Phi) is 2.74. The van der Waals surface area contributed by atoms with Gasteiger partial charge in [0.15, 0.2) is 10.4 Å². The maximum Gasteiger partial charge on any atom is 0.184 e. The molecule has 1 aromatic carbocycles. The van der Waals surface area contributed by atoms with Gasteiger partial charge in [-0.15, -0.1) is 0 Å². The van der Waals surface area contributed by atoms with Crippen LogP contribution in [0.4, 0.5) is 4.39 Å². The quantitative estimate of drug-likeness (QED) is 0.730. The van der Waals surface area contributed by atoms with Gasteiger partial charge in [0.1, 0.15) is 11.3 Å². The highest BCUT2D eigenvalue weighted by Crippen LogP contribution is 2.23. The van der Waals surface area contributed by atoms with Gasteiger partial charge in [-0.3, -0.25) is 4.57 Å². The molecule has 19 heavy (non-hydrogen) atoms. The fraction of sp³-hybridized carbons (Fsp3) is 0.231. The lowest BCUT2D eigenvalue weighted by Gasteiger charge is -2.05. The number of halogens is 1. The fourth-order valence-electron chi connectivity index (χ4n) is 2.32. The minimum atomic E-state index is -0.307. The molecule has 3 aromatic rings. The van der Waals surface area contributed by atoms with E-state index in [1.807, 2.05) is 14.0 Å². The van der Waals surface area contributed by atoms with Gasteiger partial charge in [-0.05, 0) is 30.8 Å². The third-order valence-electron chi connectivity index (χ3n) is 3.16. The maximum absolute atomic E-state index is 14.0. The predicted molar refractivity (Wildman–Crippen MR) is 74.6 cm³/mol. The molecule has 0 atom stereocenters. The number of nitrogens with one attached hydrogen (secondary N) is 1. The number of imidazole rings is 1. The van der Waals surface area contributed by atoms with Crippen molar-refractivity contribution in [2.24, 2.45) is 7.05 Å². The predicted octanol–water partition coefficient (Wildman–Crippen LogP) is 3.12. The zero-order valence-electron chi connectivity index (χ0n) is 10.6. The van der Waals surface area contributed by atoms with Gasteiger partial charge in [-0.2, -0.15) is 5.10 Å². The van der Waals surface area contributed by atoms with E-state index < -0.39 is 0 Å². The highest BCUT2D eigenvalue weighted by Gasteiger charge is 2.16. The van der Waals surface area contributed by atoms with Gasteiger partial charge in [0.05, 0.1) is 11.4 Å². The number of fused-ring (bicyclic) bond motifs is 1. The number of aryl methyl sites for hydroxylation is 2. The standard InChI is InChI=1S/C13H13FN4S/c1-3-9-11-12(17(2)16-9)18(13(19)15-11)10-7-5-4-6-8(10)14/h4-7H,3H2,1-2H3,(H,15,19). The molecule has 1 N–H and O–H groups in total. The van der Waals surface area contributed by atoms with Crippen molar-refractivity contribution in [3.05, 3.63) is 40.5 Å². The van der Waals surface area contributed by atoms with Gasteiger partial charge in [0, 0.05) is 7.05 Å². The lowest BCUT2D eigenvalue weighted by Crippen LogP contribution is -2.02. The minimum Gasteiger partial charge on any atom is -0.327 e. The number of hydrogen-bond acceptors (Lipinski definition) is 2. The molecule has 0 radical (unpaired) electrons. The van der Waals surface area contributed by atoms with E-state index >= 15 is 0 Å². The van der Waals surface area contributed by atoms with Crippen LogP contribution in [0.2, 0.25) is 0 Å². The van der Waals surface area contributed by atoms with Crippen molar-refractivity contribution < 1.29 is 4.39 Å². The zero-order valence-corrected chi connectivity index (χ0v) is 11.5. The molecule has 0 unspecified atom stereocenters. The van der Waals surface area contributed by atoms with Crippen LogP contribution in [0.5, 0.6) is 0 Å². The molecule has 0 bridgehead atoms. The van der Waals surface area contributed by atoms with E-state index in [1.54, 1.807) is 27.4 Å². The lowest BCUT2D eigenvalue weighted by molar-refractivity contribution is 0.616. The summed E-state index contributed by atoms with van der Waals surface area (Å²) >= 11 is 5.32. The molecule has 0 aliphatic heterocycles. The monoisotopic (exact) mass is 276 g/mol. The van der Waals surface area contributed by atoms with Gasteiger partial charge in [0.25, 0.3) is 0 Å². The topological polar surface area (TPSA) is 38.5 Å². The second kappa shape index (κ2) is 4.31. The highest BCUT2D eigenvalue weighted by molar-refractivity contribution is 7.71. The second-order valence-electron chi connectivity index (χ2n) is 4.34. The van der Waals surface area contributed by atoms with Crippen molar-refractivity contribution in [1.29, 1.82) is 0 Å². The van der Waals surface area contributed by atoms with Crippen molar-refractivity contribution in [3.63, 3.8) is 0 Å². The third kappa shape index (κ3) is 1.71. The molecule has 0 spiro atoms.